The van der Waals surface area contributed by atoms with E-state index in [2.05, 4.69) is 10.2 Å². The van der Waals surface area contributed by atoms with Crippen molar-refractivity contribution >= 4 is 12.3 Å². The van der Waals surface area contributed by atoms with Gasteiger partial charge >= 0.3 is 0 Å². The number of amides is 2. The van der Waals surface area contributed by atoms with Crippen LogP contribution in [0.15, 0.2) is 0 Å². The van der Waals surface area contributed by atoms with Gasteiger partial charge in [0, 0.05) is 6.54 Å². The third kappa shape index (κ3) is 3.19. The van der Waals surface area contributed by atoms with Crippen molar-refractivity contribution in [2.75, 3.05) is 26.2 Å². The van der Waals surface area contributed by atoms with Gasteiger partial charge in [-0.3, -0.25) is 14.5 Å². The summed E-state index contributed by atoms with van der Waals surface area (Å²) in [6.45, 7) is 3.35. The maximum Gasteiger partial charge on any atom is 0.238 e. The molecule has 1 atom stereocenters. The van der Waals surface area contributed by atoms with Gasteiger partial charge in [-0.15, -0.1) is 0 Å². The zero-order chi connectivity index (χ0) is 12.1. The van der Waals surface area contributed by atoms with Crippen LogP contribution in [0, 0.1) is 0 Å². The Kier molecular flexibility index (Phi) is 4.36. The first-order valence-electron chi connectivity index (χ1n) is 6.53. The molecule has 5 heteroatoms. The van der Waals surface area contributed by atoms with E-state index in [4.69, 9.17) is 0 Å². The van der Waals surface area contributed by atoms with Gasteiger partial charge in [-0.25, -0.2) is 0 Å². The second-order valence-corrected chi connectivity index (χ2v) is 4.87. The van der Waals surface area contributed by atoms with E-state index in [-0.39, 0.29) is 12.1 Å². The van der Waals surface area contributed by atoms with Gasteiger partial charge in [0.1, 0.15) is 6.17 Å². The van der Waals surface area contributed by atoms with E-state index in [1.165, 1.54) is 19.3 Å². The molecule has 96 valence electrons. The van der Waals surface area contributed by atoms with Crippen LogP contribution in [-0.2, 0) is 9.59 Å². The van der Waals surface area contributed by atoms with Gasteiger partial charge in [0.25, 0.3) is 0 Å². The summed E-state index contributed by atoms with van der Waals surface area (Å²) in [6.07, 6.45) is 6.15. The topological polar surface area (TPSA) is 52.7 Å². The van der Waals surface area contributed by atoms with E-state index in [0.29, 0.717) is 13.0 Å². The average molecular weight is 239 g/mol. The Morgan fingerprint density at radius 1 is 1.18 bits per heavy atom. The Labute approximate surface area is 102 Å². The van der Waals surface area contributed by atoms with Crippen molar-refractivity contribution in [1.29, 1.82) is 0 Å². The molecule has 2 aliphatic rings. The predicted molar refractivity (Wildman–Crippen MR) is 64.2 cm³/mol. The molecule has 1 N–H and O–H groups in total. The largest absolute Gasteiger partial charge is 0.338 e. The van der Waals surface area contributed by atoms with E-state index in [1.54, 1.807) is 0 Å². The van der Waals surface area contributed by atoms with Crippen LogP contribution in [0.1, 0.15) is 32.1 Å². The molecule has 1 unspecified atom stereocenters. The van der Waals surface area contributed by atoms with Crippen molar-refractivity contribution < 1.29 is 9.59 Å². The van der Waals surface area contributed by atoms with Crippen molar-refractivity contribution in [3.8, 4) is 0 Å². The highest BCUT2D eigenvalue weighted by atomic mass is 16.2. The fourth-order valence-electron chi connectivity index (χ4n) is 2.72. The molecule has 2 amide bonds. The summed E-state index contributed by atoms with van der Waals surface area (Å²) >= 11 is 0. The number of carbonyl (C=O) groups is 2. The van der Waals surface area contributed by atoms with Gasteiger partial charge < -0.3 is 10.2 Å². The predicted octanol–water partition coefficient (Wildman–Crippen LogP) is 0.167. The van der Waals surface area contributed by atoms with Crippen molar-refractivity contribution in [1.82, 2.24) is 15.1 Å². The lowest BCUT2D eigenvalue weighted by atomic mass is 10.1. The molecule has 17 heavy (non-hydrogen) atoms. The standard InChI is InChI=1S/C12H21N3O2/c16-10-13-11-5-4-8-15(11)12(17)9-14-6-2-1-3-7-14/h10-11H,1-9H2,(H,13,16). The molecule has 0 bridgehead atoms. The molecule has 2 rings (SSSR count). The van der Waals surface area contributed by atoms with E-state index in [1.807, 2.05) is 4.90 Å². The van der Waals surface area contributed by atoms with E-state index in [9.17, 15) is 9.59 Å². The van der Waals surface area contributed by atoms with Crippen molar-refractivity contribution in [2.24, 2.45) is 0 Å². The van der Waals surface area contributed by atoms with Crippen LogP contribution in [0.4, 0.5) is 0 Å². The molecule has 5 nitrogen and oxygen atoms in total. The highest BCUT2D eigenvalue weighted by molar-refractivity contribution is 5.79. The zero-order valence-corrected chi connectivity index (χ0v) is 10.2. The first-order valence-corrected chi connectivity index (χ1v) is 6.53. The average Bonchev–Trinajstić information content (AvgIpc) is 2.79. The monoisotopic (exact) mass is 239 g/mol. The summed E-state index contributed by atoms with van der Waals surface area (Å²) < 4.78 is 0. The Hall–Kier alpha value is -1.10. The molecule has 0 aromatic rings. The fraction of sp³-hybridized carbons (Fsp3) is 0.833. The normalized spacial score (nSPS) is 25.9. The van der Waals surface area contributed by atoms with Gasteiger partial charge in [-0.05, 0) is 38.8 Å². The van der Waals surface area contributed by atoms with Crippen molar-refractivity contribution in [3.05, 3.63) is 0 Å². The van der Waals surface area contributed by atoms with E-state index < -0.39 is 0 Å². The van der Waals surface area contributed by atoms with Crippen LogP contribution in [0.5, 0.6) is 0 Å². The lowest BCUT2D eigenvalue weighted by Gasteiger charge is -2.30. The molecule has 0 aromatic heterocycles. The molecule has 0 saturated carbocycles. The Morgan fingerprint density at radius 2 is 1.94 bits per heavy atom. The molecular formula is C12H21N3O2. The van der Waals surface area contributed by atoms with Gasteiger partial charge in [-0.2, -0.15) is 0 Å². The fourth-order valence-corrected chi connectivity index (χ4v) is 2.72. The van der Waals surface area contributed by atoms with Crippen LogP contribution in [0.25, 0.3) is 0 Å². The lowest BCUT2D eigenvalue weighted by molar-refractivity contribution is -0.134. The van der Waals surface area contributed by atoms with Gasteiger partial charge in [0.05, 0.1) is 6.54 Å². The van der Waals surface area contributed by atoms with Crippen LogP contribution in [0.2, 0.25) is 0 Å². The summed E-state index contributed by atoms with van der Waals surface area (Å²) in [4.78, 5) is 26.6. The molecule has 2 aliphatic heterocycles. The maximum absolute atomic E-state index is 12.1. The molecule has 2 fully saturated rings. The summed E-state index contributed by atoms with van der Waals surface area (Å²) in [6, 6.07) is 0. The number of likely N-dealkylation sites (tertiary alicyclic amines) is 2. The minimum absolute atomic E-state index is 0.0789. The highest BCUT2D eigenvalue weighted by Gasteiger charge is 2.29. The smallest absolute Gasteiger partial charge is 0.238 e. The molecule has 0 aliphatic carbocycles. The molecule has 0 radical (unpaired) electrons. The molecule has 2 heterocycles. The second-order valence-electron chi connectivity index (χ2n) is 4.87. The van der Waals surface area contributed by atoms with Gasteiger partial charge in [-0.1, -0.05) is 6.42 Å². The molecular weight excluding hydrogens is 218 g/mol. The number of nitrogens with one attached hydrogen (secondary N) is 1. The second kappa shape index (κ2) is 6.00. The Morgan fingerprint density at radius 3 is 2.65 bits per heavy atom. The summed E-state index contributed by atoms with van der Waals surface area (Å²) in [7, 11) is 0. The van der Waals surface area contributed by atoms with Crippen molar-refractivity contribution in [3.63, 3.8) is 0 Å². The van der Waals surface area contributed by atoms with Crippen LogP contribution in [0.3, 0.4) is 0 Å². The Bertz CT molecular complexity index is 277. The number of piperidine rings is 1. The number of nitrogens with zero attached hydrogens (tertiary/aromatic N) is 2. The zero-order valence-electron chi connectivity index (χ0n) is 10.2. The minimum Gasteiger partial charge on any atom is -0.338 e. The van der Waals surface area contributed by atoms with Crippen LogP contribution >= 0.6 is 0 Å². The molecule has 0 aromatic carbocycles. The van der Waals surface area contributed by atoms with Crippen LogP contribution < -0.4 is 5.32 Å². The summed E-state index contributed by atoms with van der Waals surface area (Å²) in [5, 5.41) is 2.72. The van der Waals surface area contributed by atoms with Crippen LogP contribution in [-0.4, -0.2) is 54.5 Å². The molecule has 2 saturated heterocycles. The lowest BCUT2D eigenvalue weighted by Crippen LogP contribution is -2.48. The highest BCUT2D eigenvalue weighted by Crippen LogP contribution is 2.16. The summed E-state index contributed by atoms with van der Waals surface area (Å²) in [5.41, 5.74) is 0. The van der Waals surface area contributed by atoms with E-state index >= 15 is 0 Å². The van der Waals surface area contributed by atoms with Gasteiger partial charge in [0.2, 0.25) is 12.3 Å². The number of rotatable bonds is 4. The molecule has 0 spiro atoms. The van der Waals surface area contributed by atoms with Gasteiger partial charge in [0.15, 0.2) is 0 Å². The SMILES string of the molecule is O=CNC1CCCN1C(=O)CN1CCCCC1. The number of hydrogen-bond donors (Lipinski definition) is 1. The Balaban J connectivity index is 1.83. The first kappa shape index (κ1) is 12.4. The summed E-state index contributed by atoms with van der Waals surface area (Å²) in [5.74, 6) is 0.156. The minimum atomic E-state index is -0.0789. The first-order chi connectivity index (χ1) is 8.31. The third-order valence-corrected chi connectivity index (χ3v) is 3.64. The quantitative estimate of drug-likeness (QED) is 0.711. The third-order valence-electron chi connectivity index (χ3n) is 3.64. The van der Waals surface area contributed by atoms with Crippen molar-refractivity contribution in [2.45, 2.75) is 38.3 Å². The number of carbonyl (C=O) groups excluding carboxylic acids is 2. The maximum atomic E-state index is 12.1. The number of hydrogen-bond acceptors (Lipinski definition) is 3. The van der Waals surface area contributed by atoms with E-state index in [0.717, 1.165) is 32.5 Å².